The van der Waals surface area contributed by atoms with Gasteiger partial charge in [-0.05, 0) is 66.4 Å². The van der Waals surface area contributed by atoms with Crippen LogP contribution in [0.4, 0.5) is 0 Å². The van der Waals surface area contributed by atoms with Gasteiger partial charge >= 0.3 is 0 Å². The van der Waals surface area contributed by atoms with Crippen molar-refractivity contribution in [2.75, 3.05) is 6.54 Å². The predicted octanol–water partition coefficient (Wildman–Crippen LogP) is 4.32. The molecule has 0 spiro atoms. The SMILES string of the molecule is CCc1nn(CC)c(CC2(CN)CCCC(CC)C2)c1Br. The maximum atomic E-state index is 6.24. The van der Waals surface area contributed by atoms with Gasteiger partial charge in [-0.25, -0.2) is 0 Å². The predicted molar refractivity (Wildman–Crippen MR) is 92.4 cm³/mol. The van der Waals surface area contributed by atoms with Gasteiger partial charge in [0, 0.05) is 6.54 Å². The van der Waals surface area contributed by atoms with Crippen LogP contribution < -0.4 is 5.73 Å². The highest BCUT2D eigenvalue weighted by molar-refractivity contribution is 9.10. The second kappa shape index (κ2) is 7.28. The molecule has 0 radical (unpaired) electrons. The van der Waals surface area contributed by atoms with Crippen molar-refractivity contribution in [2.45, 2.75) is 72.3 Å². The summed E-state index contributed by atoms with van der Waals surface area (Å²) >= 11 is 3.79. The van der Waals surface area contributed by atoms with E-state index in [0.717, 1.165) is 31.8 Å². The lowest BCUT2D eigenvalue weighted by Crippen LogP contribution is -2.38. The monoisotopic (exact) mass is 355 g/mol. The van der Waals surface area contributed by atoms with Gasteiger partial charge in [0.2, 0.25) is 0 Å². The molecule has 0 amide bonds. The van der Waals surface area contributed by atoms with Crippen molar-refractivity contribution in [3.05, 3.63) is 15.9 Å². The molecule has 2 unspecified atom stereocenters. The molecular weight excluding hydrogens is 326 g/mol. The summed E-state index contributed by atoms with van der Waals surface area (Å²) in [6, 6.07) is 0. The van der Waals surface area contributed by atoms with Gasteiger partial charge < -0.3 is 5.73 Å². The van der Waals surface area contributed by atoms with Gasteiger partial charge in [-0.1, -0.05) is 33.1 Å². The number of rotatable bonds is 6. The molecule has 2 atom stereocenters. The van der Waals surface area contributed by atoms with Crippen molar-refractivity contribution in [3.63, 3.8) is 0 Å². The van der Waals surface area contributed by atoms with Gasteiger partial charge in [0.05, 0.1) is 15.9 Å². The smallest absolute Gasteiger partial charge is 0.0766 e. The second-order valence-electron chi connectivity index (χ2n) is 6.63. The van der Waals surface area contributed by atoms with Crippen molar-refractivity contribution in [1.82, 2.24) is 9.78 Å². The van der Waals surface area contributed by atoms with E-state index in [9.17, 15) is 0 Å². The van der Waals surface area contributed by atoms with E-state index in [1.54, 1.807) is 0 Å². The third kappa shape index (κ3) is 3.53. The summed E-state index contributed by atoms with van der Waals surface area (Å²) in [5.41, 5.74) is 9.06. The second-order valence-corrected chi connectivity index (χ2v) is 7.42. The van der Waals surface area contributed by atoms with E-state index in [2.05, 4.69) is 41.4 Å². The number of nitrogens with zero attached hydrogens (tertiary/aromatic N) is 2. The van der Waals surface area contributed by atoms with E-state index in [0.29, 0.717) is 0 Å². The summed E-state index contributed by atoms with van der Waals surface area (Å²) in [5, 5.41) is 4.75. The number of aryl methyl sites for hydroxylation is 2. The van der Waals surface area contributed by atoms with Crippen LogP contribution in [-0.4, -0.2) is 16.3 Å². The third-order valence-electron chi connectivity index (χ3n) is 5.29. The maximum Gasteiger partial charge on any atom is 0.0766 e. The van der Waals surface area contributed by atoms with E-state index >= 15 is 0 Å². The van der Waals surface area contributed by atoms with E-state index in [4.69, 9.17) is 10.8 Å². The average molecular weight is 356 g/mol. The minimum atomic E-state index is 0.277. The fourth-order valence-electron chi connectivity index (χ4n) is 3.89. The summed E-state index contributed by atoms with van der Waals surface area (Å²) in [6.07, 6.45) is 8.60. The molecule has 120 valence electrons. The molecule has 2 rings (SSSR count). The van der Waals surface area contributed by atoms with E-state index < -0.39 is 0 Å². The van der Waals surface area contributed by atoms with Gasteiger partial charge in [-0.3, -0.25) is 4.68 Å². The highest BCUT2D eigenvalue weighted by Crippen LogP contribution is 2.43. The third-order valence-corrected chi connectivity index (χ3v) is 6.20. The Hall–Kier alpha value is -0.350. The Kier molecular flexibility index (Phi) is 5.89. The lowest BCUT2D eigenvalue weighted by molar-refractivity contribution is 0.139. The molecule has 0 bridgehead atoms. The van der Waals surface area contributed by atoms with Crippen LogP contribution in [-0.2, 0) is 19.4 Å². The van der Waals surface area contributed by atoms with E-state index in [1.807, 2.05) is 0 Å². The van der Waals surface area contributed by atoms with Crippen LogP contribution in [0.2, 0.25) is 0 Å². The lowest BCUT2D eigenvalue weighted by atomic mass is 9.66. The molecule has 0 aliphatic heterocycles. The normalized spacial score (nSPS) is 26.2. The molecule has 4 heteroatoms. The summed E-state index contributed by atoms with van der Waals surface area (Å²) in [5.74, 6) is 0.852. The van der Waals surface area contributed by atoms with Gasteiger partial charge in [-0.15, -0.1) is 0 Å². The Morgan fingerprint density at radius 3 is 2.71 bits per heavy atom. The largest absolute Gasteiger partial charge is 0.330 e. The number of nitrogens with two attached hydrogens (primary N) is 1. The quantitative estimate of drug-likeness (QED) is 0.825. The van der Waals surface area contributed by atoms with Gasteiger partial charge in [0.25, 0.3) is 0 Å². The molecule has 0 aromatic carbocycles. The molecule has 1 heterocycles. The molecule has 3 nitrogen and oxygen atoms in total. The highest BCUT2D eigenvalue weighted by Gasteiger charge is 2.36. The summed E-state index contributed by atoms with van der Waals surface area (Å²) in [6.45, 7) is 8.40. The standard InChI is InChI=1S/C17H30BrN3/c1-4-13-8-7-9-17(10-13,12-19)11-15-16(18)14(5-2)20-21(15)6-3/h13H,4-12,19H2,1-3H3. The zero-order valence-corrected chi connectivity index (χ0v) is 15.4. The zero-order chi connectivity index (χ0) is 15.5. The van der Waals surface area contributed by atoms with Crippen molar-refractivity contribution >= 4 is 15.9 Å². The first-order chi connectivity index (χ1) is 10.1. The summed E-state index contributed by atoms with van der Waals surface area (Å²) < 4.78 is 3.40. The molecule has 0 saturated heterocycles. The summed E-state index contributed by atoms with van der Waals surface area (Å²) in [7, 11) is 0. The van der Waals surface area contributed by atoms with Crippen LogP contribution in [0.1, 0.15) is 64.3 Å². The van der Waals surface area contributed by atoms with E-state index in [-0.39, 0.29) is 5.41 Å². The Bertz CT molecular complexity index is 469. The average Bonchev–Trinajstić information content (AvgIpc) is 2.83. The van der Waals surface area contributed by atoms with Gasteiger partial charge in [0.1, 0.15) is 0 Å². The highest BCUT2D eigenvalue weighted by atomic mass is 79.9. The van der Waals surface area contributed by atoms with Crippen molar-refractivity contribution in [1.29, 1.82) is 0 Å². The molecule has 1 aliphatic carbocycles. The molecule has 1 fully saturated rings. The Labute approximate surface area is 137 Å². The number of aromatic nitrogens is 2. The lowest BCUT2D eigenvalue weighted by Gasteiger charge is -2.40. The van der Waals surface area contributed by atoms with Gasteiger partial charge in [-0.2, -0.15) is 5.10 Å². The van der Waals surface area contributed by atoms with Crippen LogP contribution in [0.25, 0.3) is 0 Å². The van der Waals surface area contributed by atoms with Crippen LogP contribution in [0.5, 0.6) is 0 Å². The minimum Gasteiger partial charge on any atom is -0.330 e. The fourth-order valence-corrected chi connectivity index (χ4v) is 4.59. The minimum absolute atomic E-state index is 0.277. The van der Waals surface area contributed by atoms with Crippen molar-refractivity contribution in [3.8, 4) is 0 Å². The molecule has 1 aromatic rings. The molecular formula is C17H30BrN3. The van der Waals surface area contributed by atoms with Crippen LogP contribution >= 0.6 is 15.9 Å². The van der Waals surface area contributed by atoms with Crippen LogP contribution in [0, 0.1) is 11.3 Å². The zero-order valence-electron chi connectivity index (χ0n) is 13.8. The topological polar surface area (TPSA) is 43.8 Å². The molecule has 1 saturated carbocycles. The molecule has 2 N–H and O–H groups in total. The summed E-state index contributed by atoms with van der Waals surface area (Å²) in [4.78, 5) is 0. The number of hydrogen-bond donors (Lipinski definition) is 1. The Morgan fingerprint density at radius 1 is 1.38 bits per heavy atom. The first-order valence-electron chi connectivity index (χ1n) is 8.53. The fraction of sp³-hybridized carbons (Fsp3) is 0.824. The van der Waals surface area contributed by atoms with Crippen molar-refractivity contribution in [2.24, 2.45) is 17.1 Å². The first-order valence-corrected chi connectivity index (χ1v) is 9.32. The first kappa shape index (κ1) is 17.0. The van der Waals surface area contributed by atoms with Crippen LogP contribution in [0.3, 0.4) is 0 Å². The Morgan fingerprint density at radius 2 is 2.14 bits per heavy atom. The van der Waals surface area contributed by atoms with E-state index in [1.165, 1.54) is 48.0 Å². The van der Waals surface area contributed by atoms with Crippen LogP contribution in [0.15, 0.2) is 4.47 Å². The van der Waals surface area contributed by atoms with Crippen molar-refractivity contribution < 1.29 is 0 Å². The Balaban J connectivity index is 2.27. The maximum absolute atomic E-state index is 6.24. The van der Waals surface area contributed by atoms with Gasteiger partial charge in [0.15, 0.2) is 0 Å². The molecule has 1 aromatic heterocycles. The molecule has 21 heavy (non-hydrogen) atoms. The molecule has 1 aliphatic rings. The number of hydrogen-bond acceptors (Lipinski definition) is 2. The number of halogens is 1.